The second-order valence-corrected chi connectivity index (χ2v) is 17.0. The number of nitrogens with zero attached hydrogens (tertiary/aromatic N) is 9. The van der Waals surface area contributed by atoms with Crippen molar-refractivity contribution in [3.8, 4) is 56.6 Å². The lowest BCUT2D eigenvalue weighted by atomic mass is 9.94. The van der Waals surface area contributed by atoms with Gasteiger partial charge in [-0.3, -0.25) is 23.8 Å². The van der Waals surface area contributed by atoms with Crippen LogP contribution >= 0.6 is 0 Å². The second-order valence-electron chi connectivity index (χ2n) is 17.0. The summed E-state index contributed by atoms with van der Waals surface area (Å²) < 4.78 is 37.6. The van der Waals surface area contributed by atoms with Gasteiger partial charge >= 0.3 is 0 Å². The van der Waals surface area contributed by atoms with Crippen LogP contribution in [0.15, 0.2) is 94.6 Å². The third-order valence-electron chi connectivity index (χ3n) is 12.7. The zero-order valence-corrected chi connectivity index (χ0v) is 37.6. The number of hydrogen-bond acceptors (Lipinski definition) is 9. The van der Waals surface area contributed by atoms with Crippen molar-refractivity contribution in [3.63, 3.8) is 0 Å². The molecule has 0 spiro atoms. The topological polar surface area (TPSA) is 142 Å². The Hall–Kier alpha value is -7.65. The number of methoxy groups -OCH3 is 1. The molecule has 0 radical (unpaired) electrons. The van der Waals surface area contributed by atoms with Crippen molar-refractivity contribution in [2.75, 3.05) is 43.1 Å². The van der Waals surface area contributed by atoms with Crippen molar-refractivity contribution in [2.45, 2.75) is 46.0 Å². The number of hydrogen-bond donors (Lipinski definition) is 1. The maximum Gasteiger partial charge on any atom is 0.263 e. The number of H-pyrrole nitrogens is 1. The molecule has 13 nitrogen and oxygen atoms in total. The average Bonchev–Trinajstić information content (AvgIpc) is 3.71. The molecule has 9 rings (SSSR count). The number of fused-ring (bicyclic) bond motifs is 1. The van der Waals surface area contributed by atoms with E-state index in [0.29, 0.717) is 74.3 Å². The van der Waals surface area contributed by atoms with Crippen LogP contribution < -0.4 is 25.7 Å². The summed E-state index contributed by atoms with van der Waals surface area (Å²) in [5.41, 5.74) is 4.02. The molecule has 0 unspecified atom stereocenters. The first-order chi connectivity index (χ1) is 31.9. The van der Waals surface area contributed by atoms with E-state index in [0.717, 1.165) is 69.2 Å². The molecule has 2 aliphatic rings. The van der Waals surface area contributed by atoms with E-state index in [2.05, 4.69) is 38.6 Å². The number of benzene rings is 4. The zero-order valence-electron chi connectivity index (χ0n) is 37.6. The van der Waals surface area contributed by atoms with Crippen LogP contribution in [0, 0.1) is 41.4 Å². The fraction of sp³-hybridized carbons (Fsp3) is 0.314. The molecular formula is C51H50F2N10O3. The molecule has 4 aromatic carbocycles. The number of nitrogens with one attached hydrogen (secondary N) is 1. The molecule has 0 atom stereocenters. The number of halogens is 2. The van der Waals surface area contributed by atoms with Crippen molar-refractivity contribution >= 4 is 28.5 Å². The standard InChI is InChI=1S/C27H27FN6O.C24H23FN4O2/c1-4-17-9-11-34(12-10-17)27-30-25(19-5-6-20(15-29)22(28)14-19)24(26(35)33(27)3)18-7-8-23-21(13-18)16-32(2)31-23;1-15-10-12-29(13-11-15)24-27-22(17-6-9-20(26-2)19(25)14-17)21(23(30)28-24)16-4-7-18(31-3)8-5-16/h5-8,13-14,16-17H,4,9-12H2,1-3H3;4-9,14-15H,10-13H2,1,3H3,(H,27,28,30). The number of aromatic nitrogens is 6. The van der Waals surface area contributed by atoms with Crippen molar-refractivity contribution < 1.29 is 13.5 Å². The molecule has 3 aromatic heterocycles. The van der Waals surface area contributed by atoms with E-state index in [1.165, 1.54) is 24.3 Å². The Bertz CT molecular complexity index is 3130. The summed E-state index contributed by atoms with van der Waals surface area (Å²) in [7, 11) is 5.16. The molecule has 66 heavy (non-hydrogen) atoms. The van der Waals surface area contributed by atoms with Crippen LogP contribution in [0.25, 0.3) is 60.5 Å². The summed E-state index contributed by atoms with van der Waals surface area (Å²) in [4.78, 5) is 47.1. The lowest BCUT2D eigenvalue weighted by Crippen LogP contribution is -2.38. The fourth-order valence-corrected chi connectivity index (χ4v) is 8.75. The minimum absolute atomic E-state index is 0.0437. The van der Waals surface area contributed by atoms with E-state index < -0.39 is 11.6 Å². The summed E-state index contributed by atoms with van der Waals surface area (Å²) in [5, 5.41) is 14.5. The SMILES string of the molecule is CCC1CCN(c2nc(-c3ccc(C#N)c(F)c3)c(-c3ccc4nn(C)cc4c3)c(=O)n2C)CC1.[C-]#[N+]c1ccc(-c2nc(N3CCC(C)CC3)[nH]c(=O)c2-c2ccc(OC)cc2)cc1F. The van der Waals surface area contributed by atoms with Crippen molar-refractivity contribution in [1.82, 2.24) is 29.3 Å². The van der Waals surface area contributed by atoms with Gasteiger partial charge in [0.25, 0.3) is 11.1 Å². The highest BCUT2D eigenvalue weighted by atomic mass is 19.1. The quantitative estimate of drug-likeness (QED) is 0.148. The van der Waals surface area contributed by atoms with Crippen LogP contribution in [0.1, 0.15) is 51.5 Å². The number of nitriles is 1. The molecule has 15 heteroatoms. The number of ether oxygens (including phenoxy) is 1. The Kier molecular flexibility index (Phi) is 13.1. The van der Waals surface area contributed by atoms with Gasteiger partial charge in [-0.05, 0) is 91.1 Å². The summed E-state index contributed by atoms with van der Waals surface area (Å²) in [6, 6.07) is 23.3. The molecule has 2 aliphatic heterocycles. The lowest BCUT2D eigenvalue weighted by Gasteiger charge is -2.33. The first-order valence-corrected chi connectivity index (χ1v) is 22.1. The van der Waals surface area contributed by atoms with Crippen LogP contribution in [-0.2, 0) is 14.1 Å². The predicted molar refractivity (Wildman–Crippen MR) is 254 cm³/mol. The molecule has 0 bridgehead atoms. The second kappa shape index (κ2) is 19.2. The number of piperidine rings is 2. The van der Waals surface area contributed by atoms with Crippen LogP contribution in [0.2, 0.25) is 0 Å². The maximum absolute atomic E-state index is 14.6. The normalized spacial score (nSPS) is 14.4. The van der Waals surface area contributed by atoms with Crippen molar-refractivity contribution in [2.24, 2.45) is 25.9 Å². The summed E-state index contributed by atoms with van der Waals surface area (Å²) in [6.45, 7) is 14.8. The predicted octanol–water partition coefficient (Wildman–Crippen LogP) is 9.68. The first-order valence-electron chi connectivity index (χ1n) is 22.1. The van der Waals surface area contributed by atoms with E-state index >= 15 is 0 Å². The van der Waals surface area contributed by atoms with Gasteiger partial charge in [0.2, 0.25) is 17.6 Å². The van der Waals surface area contributed by atoms with Crippen LogP contribution in [0.4, 0.5) is 26.4 Å². The van der Waals surface area contributed by atoms with Crippen LogP contribution in [0.5, 0.6) is 5.75 Å². The van der Waals surface area contributed by atoms with E-state index in [1.54, 1.807) is 59.8 Å². The first kappa shape index (κ1) is 44.9. The van der Waals surface area contributed by atoms with Gasteiger partial charge < -0.3 is 14.5 Å². The highest BCUT2D eigenvalue weighted by Gasteiger charge is 2.26. The van der Waals surface area contributed by atoms with E-state index in [1.807, 2.05) is 37.5 Å². The highest BCUT2D eigenvalue weighted by molar-refractivity contribution is 5.89. The minimum Gasteiger partial charge on any atom is -0.497 e. The van der Waals surface area contributed by atoms with Gasteiger partial charge in [-0.2, -0.15) is 10.4 Å². The Morgan fingerprint density at radius 1 is 0.818 bits per heavy atom. The van der Waals surface area contributed by atoms with Crippen molar-refractivity contribution in [3.05, 3.63) is 134 Å². The lowest BCUT2D eigenvalue weighted by molar-refractivity contribution is 0.390. The van der Waals surface area contributed by atoms with E-state index in [4.69, 9.17) is 21.3 Å². The number of aryl methyl sites for hydroxylation is 1. The van der Waals surface area contributed by atoms with Gasteiger partial charge in [0.15, 0.2) is 0 Å². The maximum atomic E-state index is 14.6. The number of anilines is 2. The van der Waals surface area contributed by atoms with Gasteiger partial charge in [-0.25, -0.2) is 23.6 Å². The zero-order chi connectivity index (χ0) is 46.6. The van der Waals surface area contributed by atoms with Crippen molar-refractivity contribution in [1.29, 1.82) is 5.26 Å². The summed E-state index contributed by atoms with van der Waals surface area (Å²) in [5.74, 6) is 1.78. The molecule has 1 N–H and O–H groups in total. The molecule has 0 saturated carbocycles. The summed E-state index contributed by atoms with van der Waals surface area (Å²) >= 11 is 0. The van der Waals surface area contributed by atoms with Gasteiger partial charge in [0, 0.05) is 63.0 Å². The average molecular weight is 889 g/mol. The van der Waals surface area contributed by atoms with Gasteiger partial charge in [-0.1, -0.05) is 56.7 Å². The van der Waals surface area contributed by atoms with Gasteiger partial charge in [0.1, 0.15) is 23.5 Å². The molecule has 0 amide bonds. The molecule has 336 valence electrons. The highest BCUT2D eigenvalue weighted by Crippen LogP contribution is 2.35. The monoisotopic (exact) mass is 888 g/mol. The van der Waals surface area contributed by atoms with E-state index in [-0.39, 0.29) is 22.4 Å². The van der Waals surface area contributed by atoms with Gasteiger partial charge in [0.05, 0.1) is 47.3 Å². The fourth-order valence-electron chi connectivity index (χ4n) is 8.75. The Morgan fingerprint density at radius 2 is 1.45 bits per heavy atom. The molecule has 2 saturated heterocycles. The molecule has 5 heterocycles. The minimum atomic E-state index is -0.636. The molecule has 2 fully saturated rings. The Labute approximate surface area is 381 Å². The number of rotatable bonds is 8. The van der Waals surface area contributed by atoms with Crippen LogP contribution in [-0.4, -0.2) is 62.6 Å². The van der Waals surface area contributed by atoms with Gasteiger partial charge in [-0.15, -0.1) is 0 Å². The number of aromatic amines is 1. The Morgan fingerprint density at radius 3 is 2.09 bits per heavy atom. The molecular weight excluding hydrogens is 839 g/mol. The summed E-state index contributed by atoms with van der Waals surface area (Å²) in [6.07, 6.45) is 7.18. The molecule has 0 aliphatic carbocycles. The smallest absolute Gasteiger partial charge is 0.263 e. The van der Waals surface area contributed by atoms with Crippen LogP contribution in [0.3, 0.4) is 0 Å². The Balaban J connectivity index is 0.000000181. The van der Waals surface area contributed by atoms with E-state index in [9.17, 15) is 23.6 Å². The third-order valence-corrected chi connectivity index (χ3v) is 12.7. The third kappa shape index (κ3) is 9.15. The molecule has 7 aromatic rings. The largest absolute Gasteiger partial charge is 0.497 e.